The van der Waals surface area contributed by atoms with E-state index in [1.165, 1.54) is 7.11 Å². The fourth-order valence-electron chi connectivity index (χ4n) is 2.46. The molecule has 0 aliphatic heterocycles. The fourth-order valence-corrected chi connectivity index (χ4v) is 2.46. The zero-order valence-electron chi connectivity index (χ0n) is 13.0. The molecular formula is C17H18N2O4. The van der Waals surface area contributed by atoms with Crippen LogP contribution in [0.25, 0.3) is 11.3 Å². The van der Waals surface area contributed by atoms with Gasteiger partial charge in [-0.15, -0.1) is 0 Å². The van der Waals surface area contributed by atoms with Crippen molar-refractivity contribution in [2.24, 2.45) is 5.41 Å². The van der Waals surface area contributed by atoms with Gasteiger partial charge in [0, 0.05) is 5.56 Å². The molecule has 1 amide bonds. The number of benzene rings is 1. The van der Waals surface area contributed by atoms with Crippen LogP contribution in [0.4, 0.5) is 0 Å². The van der Waals surface area contributed by atoms with Crippen molar-refractivity contribution >= 4 is 11.9 Å². The molecule has 23 heavy (non-hydrogen) atoms. The third-order valence-corrected chi connectivity index (χ3v) is 4.06. The Morgan fingerprint density at radius 1 is 1.30 bits per heavy atom. The van der Waals surface area contributed by atoms with Gasteiger partial charge in [0.2, 0.25) is 11.8 Å². The molecule has 3 rings (SSSR count). The molecule has 0 saturated heterocycles. The highest BCUT2D eigenvalue weighted by Gasteiger charge is 2.58. The van der Waals surface area contributed by atoms with E-state index in [9.17, 15) is 9.59 Å². The molecule has 6 heteroatoms. The second kappa shape index (κ2) is 5.87. The number of ether oxygens (including phenoxy) is 1. The largest absolute Gasteiger partial charge is 0.468 e. The lowest BCUT2D eigenvalue weighted by Crippen LogP contribution is -2.39. The van der Waals surface area contributed by atoms with Crippen LogP contribution in [0.1, 0.15) is 31.7 Å². The molecule has 1 heterocycles. The smallest absolute Gasteiger partial charge is 0.321 e. The predicted molar refractivity (Wildman–Crippen MR) is 82.2 cm³/mol. The first-order valence-electron chi connectivity index (χ1n) is 7.47. The maximum atomic E-state index is 12.3. The van der Waals surface area contributed by atoms with E-state index in [1.807, 2.05) is 30.3 Å². The summed E-state index contributed by atoms with van der Waals surface area (Å²) < 4.78 is 10.4. The summed E-state index contributed by atoms with van der Waals surface area (Å²) in [5.41, 5.74) is -0.115. The molecular weight excluding hydrogens is 296 g/mol. The van der Waals surface area contributed by atoms with Crippen molar-refractivity contribution in [3.63, 3.8) is 0 Å². The van der Waals surface area contributed by atoms with Crippen molar-refractivity contribution < 1.29 is 18.7 Å². The zero-order chi connectivity index (χ0) is 16.4. The number of rotatable bonds is 5. The number of hydrogen-bond donors (Lipinski definition) is 1. The van der Waals surface area contributed by atoms with Gasteiger partial charge in [0.1, 0.15) is 11.5 Å². The molecule has 0 radical (unpaired) electrons. The third-order valence-electron chi connectivity index (χ3n) is 4.06. The van der Waals surface area contributed by atoms with Gasteiger partial charge in [-0.25, -0.2) is 4.98 Å². The van der Waals surface area contributed by atoms with Crippen LogP contribution in [0.5, 0.6) is 0 Å². The van der Waals surface area contributed by atoms with Crippen LogP contribution >= 0.6 is 0 Å². The Hall–Kier alpha value is -2.63. The Morgan fingerprint density at radius 3 is 2.61 bits per heavy atom. The van der Waals surface area contributed by atoms with E-state index in [4.69, 9.17) is 9.15 Å². The molecule has 1 atom stereocenters. The van der Waals surface area contributed by atoms with Crippen molar-refractivity contribution in [2.45, 2.75) is 25.8 Å². The van der Waals surface area contributed by atoms with Gasteiger partial charge in [0.05, 0.1) is 13.3 Å². The molecule has 0 bridgehead atoms. The molecule has 0 spiro atoms. The van der Waals surface area contributed by atoms with Gasteiger partial charge in [-0.2, -0.15) is 0 Å². The maximum absolute atomic E-state index is 12.3. The number of carbonyl (C=O) groups excluding carboxylic acids is 2. The van der Waals surface area contributed by atoms with Gasteiger partial charge in [-0.05, 0) is 19.8 Å². The lowest BCUT2D eigenvalue weighted by atomic mass is 10.1. The Morgan fingerprint density at radius 2 is 2.00 bits per heavy atom. The molecule has 1 aromatic heterocycles. The number of methoxy groups -OCH3 is 1. The van der Waals surface area contributed by atoms with Crippen LogP contribution in [-0.2, 0) is 14.3 Å². The van der Waals surface area contributed by atoms with E-state index in [-0.39, 0.29) is 5.91 Å². The molecule has 1 aromatic carbocycles. The van der Waals surface area contributed by atoms with Crippen LogP contribution in [-0.4, -0.2) is 24.0 Å². The highest BCUT2D eigenvalue weighted by molar-refractivity contribution is 6.05. The number of amides is 1. The number of nitrogens with zero attached hydrogens (tertiary/aromatic N) is 1. The second-order valence-electron chi connectivity index (χ2n) is 5.70. The van der Waals surface area contributed by atoms with Crippen molar-refractivity contribution in [2.75, 3.05) is 7.11 Å². The number of esters is 1. The lowest BCUT2D eigenvalue weighted by molar-refractivity contribution is -0.152. The number of aromatic nitrogens is 1. The lowest BCUT2D eigenvalue weighted by Gasteiger charge is -2.16. The molecule has 6 nitrogen and oxygen atoms in total. The minimum absolute atomic E-state index is 0.337. The summed E-state index contributed by atoms with van der Waals surface area (Å²) >= 11 is 0. The van der Waals surface area contributed by atoms with Crippen LogP contribution in [0, 0.1) is 5.41 Å². The van der Waals surface area contributed by atoms with E-state index in [2.05, 4.69) is 10.3 Å². The Bertz CT molecular complexity index is 719. The maximum Gasteiger partial charge on any atom is 0.321 e. The molecule has 1 fully saturated rings. The van der Waals surface area contributed by atoms with E-state index >= 15 is 0 Å². The van der Waals surface area contributed by atoms with Crippen molar-refractivity contribution in [3.8, 4) is 11.3 Å². The molecule has 1 aliphatic carbocycles. The van der Waals surface area contributed by atoms with Gasteiger partial charge in [0.15, 0.2) is 5.76 Å². The van der Waals surface area contributed by atoms with Crippen molar-refractivity contribution in [1.82, 2.24) is 10.3 Å². The predicted octanol–water partition coefficient (Wildman–Crippen LogP) is 2.47. The normalized spacial score (nSPS) is 16.4. The monoisotopic (exact) mass is 314 g/mol. The third kappa shape index (κ3) is 2.84. The number of nitrogens with one attached hydrogen (secondary N) is 1. The molecule has 1 saturated carbocycles. The first-order valence-corrected chi connectivity index (χ1v) is 7.47. The SMILES string of the molecule is COC(=O)C1(C(=O)NC(C)c2ncc(-c3ccccc3)o2)CC1. The quantitative estimate of drug-likeness (QED) is 0.677. The Balaban J connectivity index is 1.70. The summed E-state index contributed by atoms with van der Waals surface area (Å²) in [5.74, 6) is 0.213. The zero-order valence-corrected chi connectivity index (χ0v) is 13.0. The highest BCUT2D eigenvalue weighted by atomic mass is 16.5. The van der Waals surface area contributed by atoms with Crippen LogP contribution in [0.3, 0.4) is 0 Å². The topological polar surface area (TPSA) is 81.4 Å². The fraction of sp³-hybridized carbons (Fsp3) is 0.353. The van der Waals surface area contributed by atoms with Crippen molar-refractivity contribution in [3.05, 3.63) is 42.4 Å². The standard InChI is InChI=1S/C17H18N2O4/c1-11(19-15(20)17(8-9-17)16(21)22-2)14-18-10-13(23-14)12-6-4-3-5-7-12/h3-7,10-11H,8-9H2,1-2H3,(H,19,20). The average Bonchev–Trinajstić information content (AvgIpc) is 3.24. The number of hydrogen-bond acceptors (Lipinski definition) is 5. The molecule has 2 aromatic rings. The van der Waals surface area contributed by atoms with Gasteiger partial charge >= 0.3 is 5.97 Å². The van der Waals surface area contributed by atoms with Gasteiger partial charge in [-0.1, -0.05) is 30.3 Å². The summed E-state index contributed by atoms with van der Waals surface area (Å²) in [7, 11) is 1.29. The number of oxazole rings is 1. The minimum atomic E-state index is -1.03. The Labute approximate surface area is 133 Å². The van der Waals surface area contributed by atoms with Crippen LogP contribution < -0.4 is 5.32 Å². The van der Waals surface area contributed by atoms with E-state index in [0.717, 1.165) is 5.56 Å². The van der Waals surface area contributed by atoms with Crippen molar-refractivity contribution in [1.29, 1.82) is 0 Å². The summed E-state index contributed by atoms with van der Waals surface area (Å²) in [5, 5.41) is 2.78. The van der Waals surface area contributed by atoms with E-state index in [0.29, 0.717) is 24.5 Å². The van der Waals surface area contributed by atoms with Gasteiger partial charge in [0.25, 0.3) is 0 Å². The minimum Gasteiger partial charge on any atom is -0.468 e. The molecule has 1 unspecified atom stereocenters. The second-order valence-corrected chi connectivity index (χ2v) is 5.70. The van der Waals surface area contributed by atoms with Crippen LogP contribution in [0.2, 0.25) is 0 Å². The first kappa shape index (κ1) is 15.3. The highest BCUT2D eigenvalue weighted by Crippen LogP contribution is 2.47. The Kier molecular flexibility index (Phi) is 3.90. The molecule has 1 N–H and O–H groups in total. The summed E-state index contributed by atoms with van der Waals surface area (Å²) in [6.07, 6.45) is 2.65. The molecule has 1 aliphatic rings. The van der Waals surface area contributed by atoms with E-state index in [1.54, 1.807) is 13.1 Å². The van der Waals surface area contributed by atoms with E-state index < -0.39 is 17.4 Å². The first-order chi connectivity index (χ1) is 11.1. The summed E-state index contributed by atoms with van der Waals surface area (Å²) in [6.45, 7) is 1.77. The number of carbonyl (C=O) groups is 2. The summed E-state index contributed by atoms with van der Waals surface area (Å²) in [6, 6.07) is 9.16. The van der Waals surface area contributed by atoms with Gasteiger partial charge in [-0.3, -0.25) is 9.59 Å². The molecule has 120 valence electrons. The van der Waals surface area contributed by atoms with Crippen LogP contribution in [0.15, 0.2) is 40.9 Å². The summed E-state index contributed by atoms with van der Waals surface area (Å²) in [4.78, 5) is 28.2. The average molecular weight is 314 g/mol. The van der Waals surface area contributed by atoms with Gasteiger partial charge < -0.3 is 14.5 Å².